The average molecular weight is 355 g/mol. The number of rotatable bonds is 8. The summed E-state index contributed by atoms with van der Waals surface area (Å²) in [4.78, 5) is 28.4. The zero-order valence-corrected chi connectivity index (χ0v) is 15.1. The van der Waals surface area contributed by atoms with E-state index in [1.807, 2.05) is 25.3 Å². The third-order valence-electron chi connectivity index (χ3n) is 3.07. The van der Waals surface area contributed by atoms with Crippen molar-refractivity contribution in [2.45, 2.75) is 31.5 Å². The van der Waals surface area contributed by atoms with Crippen molar-refractivity contribution in [1.29, 1.82) is 0 Å². The normalized spacial score (nSPS) is 11.3. The minimum atomic E-state index is -0.0706. The lowest BCUT2D eigenvalue weighted by Crippen LogP contribution is -2.27. The molecule has 2 rings (SSSR count). The second kappa shape index (κ2) is 8.47. The quantitative estimate of drug-likeness (QED) is 0.445. The van der Waals surface area contributed by atoms with E-state index in [9.17, 15) is 9.59 Å². The fraction of sp³-hybridized carbons (Fsp3) is 0.533. The van der Waals surface area contributed by atoms with E-state index >= 15 is 0 Å². The maximum absolute atomic E-state index is 12.2. The number of fused-ring (bicyclic) bond motifs is 1. The first-order valence-corrected chi connectivity index (χ1v) is 9.31. The highest BCUT2D eigenvalue weighted by atomic mass is 32.2. The SMILES string of the molecule is CC(C)OCCCNC(=O)CSc1nc2ccsc2c(=O)n1C. The number of nitrogens with one attached hydrogen (secondary N) is 1. The number of thioether (sulfide) groups is 1. The Kier molecular flexibility index (Phi) is 6.61. The molecule has 0 bridgehead atoms. The lowest BCUT2D eigenvalue weighted by molar-refractivity contribution is -0.118. The molecular weight excluding hydrogens is 334 g/mol. The third-order valence-corrected chi connectivity index (χ3v) is 4.99. The first-order chi connectivity index (χ1) is 11.0. The molecule has 6 nitrogen and oxygen atoms in total. The van der Waals surface area contributed by atoms with Gasteiger partial charge in [0.15, 0.2) is 5.16 Å². The van der Waals surface area contributed by atoms with Crippen LogP contribution >= 0.6 is 23.1 Å². The molecule has 0 fully saturated rings. The number of amides is 1. The summed E-state index contributed by atoms with van der Waals surface area (Å²) in [6, 6.07) is 1.82. The summed E-state index contributed by atoms with van der Waals surface area (Å²) in [5, 5.41) is 5.24. The van der Waals surface area contributed by atoms with Crippen LogP contribution in [0.4, 0.5) is 0 Å². The molecule has 0 aromatic carbocycles. The molecule has 2 heterocycles. The average Bonchev–Trinajstić information content (AvgIpc) is 2.97. The molecule has 0 saturated heterocycles. The van der Waals surface area contributed by atoms with Gasteiger partial charge in [-0.25, -0.2) is 4.98 Å². The van der Waals surface area contributed by atoms with E-state index in [4.69, 9.17) is 4.74 Å². The van der Waals surface area contributed by atoms with Crippen molar-refractivity contribution in [3.05, 3.63) is 21.8 Å². The number of hydrogen-bond donors (Lipinski definition) is 1. The molecule has 8 heteroatoms. The molecule has 0 unspecified atom stereocenters. The van der Waals surface area contributed by atoms with Crippen molar-refractivity contribution in [3.63, 3.8) is 0 Å². The van der Waals surface area contributed by atoms with E-state index in [0.29, 0.717) is 28.5 Å². The molecule has 1 N–H and O–H groups in total. The maximum atomic E-state index is 12.2. The smallest absolute Gasteiger partial charge is 0.271 e. The van der Waals surface area contributed by atoms with E-state index < -0.39 is 0 Å². The van der Waals surface area contributed by atoms with Crippen LogP contribution in [0.5, 0.6) is 0 Å². The molecule has 2 aromatic rings. The fourth-order valence-electron chi connectivity index (χ4n) is 1.90. The lowest BCUT2D eigenvalue weighted by Gasteiger charge is -2.09. The number of aromatic nitrogens is 2. The summed E-state index contributed by atoms with van der Waals surface area (Å²) in [5.41, 5.74) is 0.616. The van der Waals surface area contributed by atoms with Gasteiger partial charge >= 0.3 is 0 Å². The van der Waals surface area contributed by atoms with Gasteiger partial charge in [0.05, 0.1) is 17.4 Å². The maximum Gasteiger partial charge on any atom is 0.271 e. The van der Waals surface area contributed by atoms with Gasteiger partial charge < -0.3 is 10.1 Å². The molecule has 2 aromatic heterocycles. The van der Waals surface area contributed by atoms with Gasteiger partial charge in [0, 0.05) is 20.2 Å². The molecule has 0 atom stereocenters. The minimum Gasteiger partial charge on any atom is -0.379 e. The second-order valence-electron chi connectivity index (χ2n) is 5.31. The molecule has 0 saturated carbocycles. The Morgan fingerprint density at radius 1 is 1.52 bits per heavy atom. The zero-order valence-electron chi connectivity index (χ0n) is 13.5. The summed E-state index contributed by atoms with van der Waals surface area (Å²) in [5.74, 6) is 0.167. The largest absolute Gasteiger partial charge is 0.379 e. The summed E-state index contributed by atoms with van der Waals surface area (Å²) < 4.78 is 7.55. The molecule has 0 spiro atoms. The highest BCUT2D eigenvalue weighted by Crippen LogP contribution is 2.19. The first-order valence-electron chi connectivity index (χ1n) is 7.44. The van der Waals surface area contributed by atoms with E-state index in [0.717, 1.165) is 6.42 Å². The van der Waals surface area contributed by atoms with E-state index in [1.165, 1.54) is 27.7 Å². The molecule has 126 valence electrons. The number of thiophene rings is 1. The third kappa shape index (κ3) is 5.05. The van der Waals surface area contributed by atoms with Crippen molar-refractivity contribution in [3.8, 4) is 0 Å². The Hall–Kier alpha value is -1.38. The van der Waals surface area contributed by atoms with Gasteiger partial charge in [-0.1, -0.05) is 11.8 Å². The van der Waals surface area contributed by atoms with Crippen LogP contribution < -0.4 is 10.9 Å². The van der Waals surface area contributed by atoms with Gasteiger partial charge in [0.25, 0.3) is 5.56 Å². The summed E-state index contributed by atoms with van der Waals surface area (Å²) in [6.07, 6.45) is 0.993. The molecule has 0 aliphatic carbocycles. The summed E-state index contributed by atoms with van der Waals surface area (Å²) in [7, 11) is 1.68. The lowest BCUT2D eigenvalue weighted by atomic mass is 10.4. The highest BCUT2D eigenvalue weighted by molar-refractivity contribution is 7.99. The Morgan fingerprint density at radius 2 is 2.30 bits per heavy atom. The molecule has 0 aliphatic rings. The van der Waals surface area contributed by atoms with E-state index in [2.05, 4.69) is 10.3 Å². The van der Waals surface area contributed by atoms with Gasteiger partial charge in [0.1, 0.15) is 4.70 Å². The van der Waals surface area contributed by atoms with Gasteiger partial charge in [-0.2, -0.15) is 0 Å². The van der Waals surface area contributed by atoms with Crippen LogP contribution in [-0.2, 0) is 16.6 Å². The van der Waals surface area contributed by atoms with E-state index in [1.54, 1.807) is 7.05 Å². The monoisotopic (exact) mass is 355 g/mol. The number of nitrogens with zero attached hydrogens (tertiary/aromatic N) is 2. The Balaban J connectivity index is 1.82. The number of carbonyl (C=O) groups is 1. The standard InChI is InChI=1S/C15H21N3O3S2/c1-10(2)21-7-4-6-16-12(19)9-23-15-17-11-5-8-22-13(11)14(20)18(15)3/h5,8,10H,4,6-7,9H2,1-3H3,(H,16,19). The number of hydrogen-bond acceptors (Lipinski definition) is 6. The second-order valence-corrected chi connectivity index (χ2v) is 7.16. The summed E-state index contributed by atoms with van der Waals surface area (Å²) in [6.45, 7) is 5.19. The topological polar surface area (TPSA) is 73.2 Å². The molecule has 23 heavy (non-hydrogen) atoms. The number of ether oxygens (including phenoxy) is 1. The van der Waals surface area contributed by atoms with Gasteiger partial charge in [-0.15, -0.1) is 11.3 Å². The molecular formula is C15H21N3O3S2. The van der Waals surface area contributed by atoms with Crippen molar-refractivity contribution in [2.75, 3.05) is 18.9 Å². The molecule has 0 radical (unpaired) electrons. The van der Waals surface area contributed by atoms with Crippen LogP contribution in [0.15, 0.2) is 21.4 Å². The summed E-state index contributed by atoms with van der Waals surface area (Å²) >= 11 is 2.65. The van der Waals surface area contributed by atoms with Crippen molar-refractivity contribution < 1.29 is 9.53 Å². The van der Waals surface area contributed by atoms with Crippen LogP contribution in [0.1, 0.15) is 20.3 Å². The first kappa shape index (κ1) is 18.0. The predicted octanol–water partition coefficient (Wildman–Crippen LogP) is 2.02. The minimum absolute atomic E-state index is 0.0702. The van der Waals surface area contributed by atoms with Crippen LogP contribution in [0, 0.1) is 0 Å². The highest BCUT2D eigenvalue weighted by Gasteiger charge is 2.11. The van der Waals surface area contributed by atoms with Crippen LogP contribution in [0.3, 0.4) is 0 Å². The van der Waals surface area contributed by atoms with Crippen LogP contribution in [0.2, 0.25) is 0 Å². The van der Waals surface area contributed by atoms with Gasteiger partial charge in [0.2, 0.25) is 5.91 Å². The van der Waals surface area contributed by atoms with Crippen molar-refractivity contribution in [2.24, 2.45) is 7.05 Å². The van der Waals surface area contributed by atoms with Crippen LogP contribution in [-0.4, -0.2) is 40.5 Å². The van der Waals surface area contributed by atoms with E-state index in [-0.39, 0.29) is 23.3 Å². The zero-order chi connectivity index (χ0) is 16.8. The Labute approximate surface area is 143 Å². The van der Waals surface area contributed by atoms with Crippen molar-refractivity contribution >= 4 is 39.2 Å². The molecule has 1 amide bonds. The Morgan fingerprint density at radius 3 is 3.04 bits per heavy atom. The van der Waals surface area contributed by atoms with Crippen molar-refractivity contribution in [1.82, 2.24) is 14.9 Å². The fourth-order valence-corrected chi connectivity index (χ4v) is 3.50. The number of carbonyl (C=O) groups excluding carboxylic acids is 1. The Bertz CT molecular complexity index is 724. The van der Waals surface area contributed by atoms with Gasteiger partial charge in [-0.3, -0.25) is 14.2 Å². The van der Waals surface area contributed by atoms with Gasteiger partial charge in [-0.05, 0) is 31.7 Å². The predicted molar refractivity (Wildman–Crippen MR) is 94.3 cm³/mol. The van der Waals surface area contributed by atoms with Crippen LogP contribution in [0.25, 0.3) is 10.2 Å². The molecule has 0 aliphatic heterocycles.